The van der Waals surface area contributed by atoms with E-state index in [0.717, 1.165) is 55.5 Å². The summed E-state index contributed by atoms with van der Waals surface area (Å²) in [7, 11) is 0. The highest BCUT2D eigenvalue weighted by Gasteiger charge is 2.46. The fourth-order valence-corrected chi connectivity index (χ4v) is 15.5. The van der Waals surface area contributed by atoms with Gasteiger partial charge in [0.15, 0.2) is 11.2 Å². The third kappa shape index (κ3) is 9.59. The number of hydrogen-bond acceptors (Lipinski definition) is 3. The molecule has 0 N–H and O–H groups in total. The standard InChI is InChI=1S/C96H77BN4O/c1-94(2,3)66-51-64(52-67(56-66)95(4,5)6)63-47-49-78-86(53-63)100(85-46-28-40-75-74-39-27-45-84(92(74)102-93(75)85)99-82-43-25-21-37-72(82)73-38-22-26-44-83(73)99)88-54-65(60-29-13-10-14-30-60)55-89-90(88)97(78)79-50-48-69(98-80-41-23-19-35-70(80)71-36-20-24-42-81(71)98)59-87(79)101(89)91-76(61-31-15-11-16-32-61)57-68(96(7,8)9)58-77(91)62-33-17-12-18-34-62/h10-59H,1-9H3/i10D,13D,14D,19D,20D,21D,22D,23D,24D,25D,26D,29D,30D,35D,36D,37D,38D,41D,42D,43D,44D. The summed E-state index contributed by atoms with van der Waals surface area (Å²) in [6.07, 6.45) is 0. The van der Waals surface area contributed by atoms with Crippen molar-refractivity contribution in [2.24, 2.45) is 0 Å². The Morgan fingerprint density at radius 2 is 0.735 bits per heavy atom. The van der Waals surface area contributed by atoms with Crippen molar-refractivity contribution < 1.29 is 33.2 Å². The van der Waals surface area contributed by atoms with Crippen LogP contribution in [0.1, 0.15) is 108 Å². The number of hydrogen-bond donors (Lipinski definition) is 0. The maximum Gasteiger partial charge on any atom is 0.252 e. The topological polar surface area (TPSA) is 29.5 Å². The molecule has 0 atom stereocenters. The molecule has 0 aliphatic carbocycles. The van der Waals surface area contributed by atoms with Gasteiger partial charge < -0.3 is 23.4 Å². The monoisotopic (exact) mass is 1330 g/mol. The molecule has 0 saturated heterocycles. The summed E-state index contributed by atoms with van der Waals surface area (Å²) in [6, 6.07) is 45.7. The third-order valence-electron chi connectivity index (χ3n) is 20.5. The van der Waals surface area contributed by atoms with Crippen LogP contribution in [-0.4, -0.2) is 15.8 Å². The number of fused-ring (bicyclic) bond motifs is 13. The van der Waals surface area contributed by atoms with Crippen LogP contribution in [0.2, 0.25) is 0 Å². The van der Waals surface area contributed by atoms with Gasteiger partial charge in [-0.3, -0.25) is 0 Å². The fraction of sp³-hybridized carbons (Fsp3) is 0.125. The summed E-state index contributed by atoms with van der Waals surface area (Å²) < 4.78 is 208. The number of para-hydroxylation sites is 6. The fourth-order valence-electron chi connectivity index (χ4n) is 15.5. The Kier molecular flexibility index (Phi) is 9.62. The Hall–Kier alpha value is -11.9. The molecule has 0 bridgehead atoms. The van der Waals surface area contributed by atoms with Crippen LogP contribution in [0, 0.1) is 0 Å². The summed E-state index contributed by atoms with van der Waals surface area (Å²) >= 11 is 0. The van der Waals surface area contributed by atoms with Crippen molar-refractivity contribution in [3.05, 3.63) is 320 Å². The number of anilines is 6. The van der Waals surface area contributed by atoms with E-state index < -0.39 is 139 Å². The maximum atomic E-state index is 10.1. The molecule has 19 rings (SSSR count). The Balaban J connectivity index is 1.02. The average Bonchev–Trinajstić information content (AvgIpc) is 1.65. The van der Waals surface area contributed by atoms with Gasteiger partial charge in [0.05, 0.1) is 67.9 Å². The first-order valence-electron chi connectivity index (χ1n) is 44.8. The molecule has 0 radical (unpaired) electrons. The Morgan fingerprint density at radius 3 is 1.26 bits per heavy atom. The highest BCUT2D eigenvalue weighted by atomic mass is 16.3. The van der Waals surface area contributed by atoms with Crippen molar-refractivity contribution in [1.82, 2.24) is 9.13 Å². The predicted octanol–water partition coefficient (Wildman–Crippen LogP) is 24.4. The molecule has 5 heterocycles. The summed E-state index contributed by atoms with van der Waals surface area (Å²) in [5, 5.41) is 0.538. The zero-order chi connectivity index (χ0) is 87.4. The molecule has 5 nitrogen and oxygen atoms in total. The van der Waals surface area contributed by atoms with Crippen molar-refractivity contribution in [3.8, 4) is 55.9 Å². The number of furan rings is 1. The van der Waals surface area contributed by atoms with Crippen LogP contribution in [0.4, 0.5) is 34.1 Å². The van der Waals surface area contributed by atoms with Gasteiger partial charge in [0.1, 0.15) is 0 Å². The molecular weight excluding hydrogens is 1240 g/mol. The summed E-state index contributed by atoms with van der Waals surface area (Å²) in [6.45, 7) is 18.6. The van der Waals surface area contributed by atoms with Gasteiger partial charge >= 0.3 is 0 Å². The zero-order valence-corrected chi connectivity index (χ0v) is 57.5. The molecule has 2 aliphatic rings. The molecule has 0 saturated carbocycles. The van der Waals surface area contributed by atoms with Crippen LogP contribution in [0.15, 0.2) is 307 Å². The first-order chi connectivity index (χ1) is 58.2. The molecule has 0 amide bonds. The third-order valence-corrected chi connectivity index (χ3v) is 20.5. The lowest BCUT2D eigenvalue weighted by atomic mass is 9.33. The first-order valence-corrected chi connectivity index (χ1v) is 34.3. The van der Waals surface area contributed by atoms with Gasteiger partial charge in [-0.15, -0.1) is 0 Å². The normalized spacial score (nSPS) is 16.0. The van der Waals surface area contributed by atoms with E-state index in [-0.39, 0.29) is 88.1 Å². The van der Waals surface area contributed by atoms with Crippen LogP contribution in [0.25, 0.3) is 121 Å². The molecule has 490 valence electrons. The predicted molar refractivity (Wildman–Crippen MR) is 434 cm³/mol. The van der Waals surface area contributed by atoms with Crippen LogP contribution in [0.5, 0.6) is 0 Å². The van der Waals surface area contributed by atoms with Gasteiger partial charge in [0.25, 0.3) is 6.71 Å². The molecule has 3 aromatic heterocycles. The highest BCUT2D eigenvalue weighted by Crippen LogP contribution is 2.55. The lowest BCUT2D eigenvalue weighted by molar-refractivity contribution is 0.569. The van der Waals surface area contributed by atoms with Crippen molar-refractivity contribution in [2.45, 2.75) is 78.6 Å². The van der Waals surface area contributed by atoms with Crippen molar-refractivity contribution >= 4 is 123 Å². The second kappa shape index (κ2) is 22.8. The van der Waals surface area contributed by atoms with Gasteiger partial charge in [0.2, 0.25) is 0 Å². The van der Waals surface area contributed by atoms with Gasteiger partial charge in [0, 0.05) is 71.9 Å². The minimum Gasteiger partial charge on any atom is -0.452 e. The molecule has 102 heavy (non-hydrogen) atoms. The molecule has 14 aromatic carbocycles. The smallest absolute Gasteiger partial charge is 0.252 e. The van der Waals surface area contributed by atoms with Crippen molar-refractivity contribution in [2.75, 3.05) is 9.80 Å². The van der Waals surface area contributed by atoms with Crippen LogP contribution in [-0.2, 0) is 16.2 Å². The number of benzene rings is 14. The van der Waals surface area contributed by atoms with E-state index in [9.17, 15) is 19.2 Å². The minimum atomic E-state index is -0.853. The SMILES string of the molecule is [2H]c1c([2H])c([2H])c(-c2cc3c4c(c2)N(c2cccc5c2oc2c(-n6c7c([2H])c([2H])c([2H])c([2H])c7c7c([2H])c([2H])c([2H])c([2H])c76)cccc25)c2cc(-c5cc(C(C)(C)C)cc(C(C)(C)C)c5)ccc2B4c2ccc(-n4c5c([2H])c([2H])c([2H])c([2H])c5c5c([2H])c([2H])c([2H])c([2H])c54)cc2N3c2c(-c3ccccc3)cc(C(C)(C)C)cc2-c2ccccc2)c([2H])c1[2H]. The van der Waals surface area contributed by atoms with E-state index in [1.807, 2.05) is 109 Å². The van der Waals surface area contributed by atoms with E-state index in [1.54, 1.807) is 18.2 Å². The lowest BCUT2D eigenvalue weighted by Gasteiger charge is -2.45. The molecule has 2 aliphatic heterocycles. The Bertz CT molecular complexity index is 7330. The van der Waals surface area contributed by atoms with E-state index in [2.05, 4.69) is 121 Å². The second-order valence-corrected chi connectivity index (χ2v) is 29.7. The Labute approximate surface area is 626 Å². The number of nitrogens with zero attached hydrogens (tertiary/aromatic N) is 4. The van der Waals surface area contributed by atoms with E-state index in [4.69, 9.17) is 14.0 Å². The lowest BCUT2D eigenvalue weighted by Crippen LogP contribution is -2.61. The summed E-state index contributed by atoms with van der Waals surface area (Å²) in [4.78, 5) is 4.20. The molecule has 17 aromatic rings. The van der Waals surface area contributed by atoms with E-state index in [1.165, 1.54) is 9.13 Å². The van der Waals surface area contributed by atoms with E-state index >= 15 is 0 Å². The molecule has 0 spiro atoms. The molecule has 0 fully saturated rings. The summed E-state index contributed by atoms with van der Waals surface area (Å²) in [5.41, 5.74) is 11.9. The maximum absolute atomic E-state index is 10.1. The van der Waals surface area contributed by atoms with Gasteiger partial charge in [-0.1, -0.05) is 286 Å². The molecule has 0 unspecified atom stereocenters. The highest BCUT2D eigenvalue weighted by molar-refractivity contribution is 7.00. The summed E-state index contributed by atoms with van der Waals surface area (Å²) in [5.74, 6) is 0. The van der Waals surface area contributed by atoms with Gasteiger partial charge in [-0.2, -0.15) is 0 Å². The van der Waals surface area contributed by atoms with E-state index in [0.29, 0.717) is 55.8 Å². The second-order valence-electron chi connectivity index (χ2n) is 29.7. The van der Waals surface area contributed by atoms with Gasteiger partial charge in [-0.05, 0) is 161 Å². The average molecular weight is 1330 g/mol. The number of rotatable bonds is 8. The van der Waals surface area contributed by atoms with Crippen LogP contribution >= 0.6 is 0 Å². The molecule has 6 heteroatoms. The number of aromatic nitrogens is 2. The largest absolute Gasteiger partial charge is 0.452 e. The van der Waals surface area contributed by atoms with Gasteiger partial charge in [-0.25, -0.2) is 0 Å². The molecular formula is C96H77BN4O. The van der Waals surface area contributed by atoms with Crippen molar-refractivity contribution in [3.63, 3.8) is 0 Å². The quantitative estimate of drug-likeness (QED) is 0.142. The Morgan fingerprint density at radius 1 is 0.304 bits per heavy atom. The van der Waals surface area contributed by atoms with Crippen LogP contribution in [0.3, 0.4) is 0 Å². The van der Waals surface area contributed by atoms with Crippen LogP contribution < -0.4 is 26.2 Å². The zero-order valence-electron chi connectivity index (χ0n) is 78.5. The van der Waals surface area contributed by atoms with Crippen molar-refractivity contribution in [1.29, 1.82) is 0 Å². The minimum absolute atomic E-state index is 0.111. The first kappa shape index (κ1) is 43.0.